The summed E-state index contributed by atoms with van der Waals surface area (Å²) in [6.07, 6.45) is -0.0297. The minimum atomic E-state index is -4.83. The van der Waals surface area contributed by atoms with Gasteiger partial charge in [0.2, 0.25) is 5.91 Å². The highest BCUT2D eigenvalue weighted by Crippen LogP contribution is 2.41. The van der Waals surface area contributed by atoms with Crippen LogP contribution in [0.1, 0.15) is 35.2 Å². The molecule has 6 rings (SSSR count). The lowest BCUT2D eigenvalue weighted by Gasteiger charge is -2.43. The largest absolute Gasteiger partial charge is 0.573 e. The van der Waals surface area contributed by atoms with Crippen LogP contribution in [0.4, 0.5) is 18.9 Å². The smallest absolute Gasteiger partial charge is 0.405 e. The van der Waals surface area contributed by atoms with Gasteiger partial charge in [-0.2, -0.15) is 5.26 Å². The van der Waals surface area contributed by atoms with Gasteiger partial charge >= 0.3 is 6.36 Å². The lowest BCUT2D eigenvalue weighted by molar-refractivity contribution is -0.275. The Bertz CT molecular complexity index is 1650. The first-order valence-corrected chi connectivity index (χ1v) is 14.4. The molecule has 1 spiro atoms. The number of likely N-dealkylation sites (tertiary alicyclic amines) is 1. The zero-order valence-electron chi connectivity index (χ0n) is 24.8. The van der Waals surface area contributed by atoms with Crippen LogP contribution in [-0.4, -0.2) is 56.9 Å². The van der Waals surface area contributed by atoms with Crippen LogP contribution in [0, 0.1) is 11.3 Å². The van der Waals surface area contributed by atoms with Crippen molar-refractivity contribution in [3.63, 3.8) is 0 Å². The first-order chi connectivity index (χ1) is 21.2. The number of halogens is 5. The molecule has 1 aromatic heterocycles. The third-order valence-electron chi connectivity index (χ3n) is 8.44. The second-order valence-corrected chi connectivity index (χ2v) is 11.2. The summed E-state index contributed by atoms with van der Waals surface area (Å²) < 4.78 is 45.6. The number of hydrogen-bond acceptors (Lipinski definition) is 6. The van der Waals surface area contributed by atoms with E-state index in [9.17, 15) is 18.0 Å². The van der Waals surface area contributed by atoms with Gasteiger partial charge in [0.15, 0.2) is 0 Å². The summed E-state index contributed by atoms with van der Waals surface area (Å²) in [4.78, 5) is 24.6. The van der Waals surface area contributed by atoms with E-state index in [1.54, 1.807) is 35.5 Å². The van der Waals surface area contributed by atoms with Gasteiger partial charge in [-0.3, -0.25) is 9.69 Å². The number of hydrogen-bond donors (Lipinski definition) is 0. The number of rotatable bonds is 8. The average molecular weight is 674 g/mol. The molecular weight excluding hydrogens is 640 g/mol. The normalized spacial score (nSPS) is 16.1. The lowest BCUT2D eigenvalue weighted by atomic mass is 9.85. The van der Waals surface area contributed by atoms with Crippen molar-refractivity contribution in [2.75, 3.05) is 24.7 Å². The zero-order chi connectivity index (χ0) is 30.7. The monoisotopic (exact) mass is 672 g/mol. The number of piperidine rings is 1. The highest BCUT2D eigenvalue weighted by Gasteiger charge is 2.53. The SMILES string of the molecule is Cl.Cl.N#Cc1ccc(Cn2cncc2CN2CCC3(CC2)C(=O)N(Cc2ccccc2OC(F)(F)F)CN3c2ccccc2)cc1. The first-order valence-electron chi connectivity index (χ1n) is 14.4. The maximum atomic E-state index is 14.2. The summed E-state index contributed by atoms with van der Waals surface area (Å²) in [7, 11) is 0. The number of alkyl halides is 3. The van der Waals surface area contributed by atoms with E-state index in [2.05, 4.69) is 30.2 Å². The average Bonchev–Trinajstić information content (AvgIpc) is 3.56. The Balaban J connectivity index is 0.00000240. The third-order valence-corrected chi connectivity index (χ3v) is 8.44. The summed E-state index contributed by atoms with van der Waals surface area (Å²) in [6.45, 7) is 2.90. The molecule has 2 aliphatic heterocycles. The van der Waals surface area contributed by atoms with Crippen LogP contribution in [0.3, 0.4) is 0 Å². The molecule has 46 heavy (non-hydrogen) atoms. The fourth-order valence-electron chi connectivity index (χ4n) is 6.20. The van der Waals surface area contributed by atoms with Crippen LogP contribution in [0.15, 0.2) is 91.4 Å². The Morgan fingerprint density at radius 3 is 2.24 bits per heavy atom. The van der Waals surface area contributed by atoms with E-state index in [4.69, 9.17) is 5.26 Å². The van der Waals surface area contributed by atoms with Crippen molar-refractivity contribution in [2.24, 2.45) is 0 Å². The molecule has 0 atom stereocenters. The lowest BCUT2D eigenvalue weighted by Crippen LogP contribution is -2.56. The number of nitriles is 1. The molecule has 2 saturated heterocycles. The van der Waals surface area contributed by atoms with Gasteiger partial charge in [0.25, 0.3) is 0 Å². The van der Waals surface area contributed by atoms with Crippen molar-refractivity contribution in [3.05, 3.63) is 114 Å². The van der Waals surface area contributed by atoms with Crippen LogP contribution in [0.5, 0.6) is 5.75 Å². The fourth-order valence-corrected chi connectivity index (χ4v) is 6.20. The molecule has 0 bridgehead atoms. The molecule has 4 aromatic rings. The molecular formula is C33H33Cl2F3N6O2. The van der Waals surface area contributed by atoms with Gasteiger partial charge in [-0.15, -0.1) is 38.0 Å². The van der Waals surface area contributed by atoms with Crippen molar-refractivity contribution in [2.45, 2.75) is 44.4 Å². The minimum Gasteiger partial charge on any atom is -0.405 e. The Kier molecular flexibility index (Phi) is 10.9. The van der Waals surface area contributed by atoms with Gasteiger partial charge in [0.05, 0.1) is 36.9 Å². The quantitative estimate of drug-likeness (QED) is 0.216. The van der Waals surface area contributed by atoms with Crippen LogP contribution in [0.25, 0.3) is 0 Å². The first kappa shape index (κ1) is 34.6. The summed E-state index contributed by atoms with van der Waals surface area (Å²) in [5.41, 5.74) is 3.13. The topological polar surface area (TPSA) is 77.6 Å². The van der Waals surface area contributed by atoms with Crippen molar-refractivity contribution < 1.29 is 22.7 Å². The minimum absolute atomic E-state index is 0. The highest BCUT2D eigenvalue weighted by molar-refractivity contribution is 5.93. The Labute approximate surface area is 277 Å². The molecule has 242 valence electrons. The number of benzene rings is 3. The second-order valence-electron chi connectivity index (χ2n) is 11.2. The molecule has 0 unspecified atom stereocenters. The van der Waals surface area contributed by atoms with E-state index >= 15 is 0 Å². The number of ether oxygens (including phenoxy) is 1. The number of imidazole rings is 1. The molecule has 0 N–H and O–H groups in total. The van der Waals surface area contributed by atoms with E-state index in [1.165, 1.54) is 12.1 Å². The maximum Gasteiger partial charge on any atom is 0.573 e. The summed E-state index contributed by atoms with van der Waals surface area (Å²) >= 11 is 0. The van der Waals surface area contributed by atoms with Crippen LogP contribution in [0.2, 0.25) is 0 Å². The molecule has 2 aliphatic rings. The number of carbonyl (C=O) groups is 1. The van der Waals surface area contributed by atoms with E-state index in [0.29, 0.717) is 50.1 Å². The second kappa shape index (κ2) is 14.5. The van der Waals surface area contributed by atoms with Gasteiger partial charge in [-0.05, 0) is 48.7 Å². The molecule has 0 radical (unpaired) electrons. The number of nitrogens with zero attached hydrogens (tertiary/aromatic N) is 6. The molecule has 1 amide bonds. The van der Waals surface area contributed by atoms with Gasteiger partial charge in [0, 0.05) is 43.6 Å². The summed E-state index contributed by atoms with van der Waals surface area (Å²) in [5.74, 6) is -0.388. The van der Waals surface area contributed by atoms with Gasteiger partial charge in [0.1, 0.15) is 11.3 Å². The summed E-state index contributed by atoms with van der Waals surface area (Å²) in [6, 6.07) is 25.3. The van der Waals surface area contributed by atoms with Gasteiger partial charge in [-0.1, -0.05) is 48.5 Å². The third kappa shape index (κ3) is 7.41. The van der Waals surface area contributed by atoms with Crippen LogP contribution < -0.4 is 9.64 Å². The van der Waals surface area contributed by atoms with E-state index in [1.807, 2.05) is 48.7 Å². The highest BCUT2D eigenvalue weighted by atomic mass is 35.5. The fraction of sp³-hybridized carbons (Fsp3) is 0.303. The number of amides is 1. The molecule has 0 aliphatic carbocycles. The molecule has 3 aromatic carbocycles. The van der Waals surface area contributed by atoms with Crippen molar-refractivity contribution >= 4 is 36.4 Å². The van der Waals surface area contributed by atoms with E-state index in [-0.39, 0.29) is 49.7 Å². The molecule has 3 heterocycles. The van der Waals surface area contributed by atoms with Crippen LogP contribution >= 0.6 is 24.8 Å². The van der Waals surface area contributed by atoms with E-state index < -0.39 is 11.9 Å². The predicted octanol–water partition coefficient (Wildman–Crippen LogP) is 6.39. The van der Waals surface area contributed by atoms with Crippen molar-refractivity contribution in [1.82, 2.24) is 19.4 Å². The van der Waals surface area contributed by atoms with Crippen molar-refractivity contribution in [3.8, 4) is 11.8 Å². The maximum absolute atomic E-state index is 14.2. The van der Waals surface area contributed by atoms with Gasteiger partial charge < -0.3 is 19.1 Å². The molecule has 8 nitrogen and oxygen atoms in total. The Morgan fingerprint density at radius 2 is 1.57 bits per heavy atom. The zero-order valence-corrected chi connectivity index (χ0v) is 26.4. The Hall–Kier alpha value is -4.24. The molecule has 2 fully saturated rings. The van der Waals surface area contributed by atoms with Gasteiger partial charge in [-0.25, -0.2) is 4.98 Å². The number of carbonyl (C=O) groups excluding carboxylic acids is 1. The molecule has 13 heteroatoms. The number of aromatic nitrogens is 2. The number of anilines is 1. The van der Waals surface area contributed by atoms with Crippen LogP contribution in [-0.2, 0) is 24.4 Å². The molecule has 0 saturated carbocycles. The Morgan fingerprint density at radius 1 is 0.891 bits per heavy atom. The number of para-hydroxylation sites is 2. The van der Waals surface area contributed by atoms with E-state index in [0.717, 1.165) is 16.9 Å². The standard InChI is InChI=1S/C33H31F3N6O2.2ClH/c34-33(35,36)44-30-9-5-4-6-27(30)21-41-24-42(28-7-2-1-3-8-28)32(31(41)43)14-16-39(17-15-32)22-29-19-38-23-40(29)20-26-12-10-25(18-37)11-13-26;;/h1-13,19,23H,14-17,20-22,24H2;2*1H. The van der Waals surface area contributed by atoms with Crippen molar-refractivity contribution in [1.29, 1.82) is 5.26 Å². The summed E-state index contributed by atoms with van der Waals surface area (Å²) in [5, 5.41) is 9.07. The predicted molar refractivity (Wildman–Crippen MR) is 172 cm³/mol.